The number of aromatic nitrogens is 1. The van der Waals surface area contributed by atoms with Crippen molar-refractivity contribution in [1.29, 1.82) is 0 Å². The van der Waals surface area contributed by atoms with E-state index < -0.39 is 17.4 Å². The number of aromatic amines is 1. The molecule has 2 N–H and O–H groups in total. The molecule has 6 nitrogen and oxygen atoms in total. The highest BCUT2D eigenvalue weighted by Gasteiger charge is 2.49. The van der Waals surface area contributed by atoms with E-state index in [2.05, 4.69) is 10.3 Å². The number of carbonyl (C=O) groups is 2. The molecule has 142 valence electrons. The first-order valence-electron chi connectivity index (χ1n) is 9.13. The van der Waals surface area contributed by atoms with Crippen molar-refractivity contribution in [3.05, 3.63) is 59.5 Å². The van der Waals surface area contributed by atoms with Crippen LogP contribution in [0.4, 0.5) is 10.1 Å². The summed E-state index contributed by atoms with van der Waals surface area (Å²) < 4.78 is 19.6. The van der Waals surface area contributed by atoms with Crippen molar-refractivity contribution < 1.29 is 18.7 Å². The zero-order valence-corrected chi connectivity index (χ0v) is 15.2. The first kappa shape index (κ1) is 16.8. The molecule has 1 aromatic heterocycles. The highest BCUT2D eigenvalue weighted by atomic mass is 19.1. The summed E-state index contributed by atoms with van der Waals surface area (Å²) in [5.74, 6) is -0.760. The van der Waals surface area contributed by atoms with Gasteiger partial charge in [0.15, 0.2) is 0 Å². The van der Waals surface area contributed by atoms with Gasteiger partial charge < -0.3 is 19.9 Å². The van der Waals surface area contributed by atoms with Gasteiger partial charge in [0, 0.05) is 41.7 Å². The standard InChI is InChI=1S/C21H18FN3O3/c1-21(19(26)24-17-4-2-3-5-18(17)28-21)20(27)25-9-8-16-14(11-25)13-10-12(22)6-7-15(13)23-16/h2-7,10,23H,8-9,11H2,1H3,(H,24,26). The van der Waals surface area contributed by atoms with Gasteiger partial charge in [0.05, 0.1) is 5.69 Å². The Labute approximate surface area is 160 Å². The number of nitrogens with zero attached hydrogens (tertiary/aromatic N) is 1. The second-order valence-electron chi connectivity index (χ2n) is 7.33. The van der Waals surface area contributed by atoms with E-state index in [1.807, 2.05) is 0 Å². The predicted octanol–water partition coefficient (Wildman–Crippen LogP) is 2.98. The number of rotatable bonds is 1. The van der Waals surface area contributed by atoms with E-state index >= 15 is 0 Å². The molecule has 1 unspecified atom stereocenters. The molecule has 0 bridgehead atoms. The maximum atomic E-state index is 13.7. The fourth-order valence-corrected chi connectivity index (χ4v) is 3.97. The molecule has 0 fully saturated rings. The molecule has 5 rings (SSSR count). The normalized spacial score (nSPS) is 20.9. The number of H-pyrrole nitrogens is 1. The minimum Gasteiger partial charge on any atom is -0.466 e. The van der Waals surface area contributed by atoms with E-state index in [0.29, 0.717) is 30.9 Å². The van der Waals surface area contributed by atoms with Crippen molar-refractivity contribution in [2.75, 3.05) is 11.9 Å². The van der Waals surface area contributed by atoms with E-state index in [0.717, 1.165) is 22.2 Å². The molecule has 0 aliphatic carbocycles. The van der Waals surface area contributed by atoms with Gasteiger partial charge in [-0.3, -0.25) is 9.59 Å². The Balaban J connectivity index is 1.47. The van der Waals surface area contributed by atoms with Gasteiger partial charge in [-0.15, -0.1) is 0 Å². The SMILES string of the molecule is CC1(C(=O)N2CCc3[nH]c4ccc(F)cc4c3C2)Oc2ccccc2NC1=O. The number of para-hydroxylation sites is 2. The van der Waals surface area contributed by atoms with Crippen LogP contribution in [0.2, 0.25) is 0 Å². The zero-order chi connectivity index (χ0) is 19.5. The van der Waals surface area contributed by atoms with Gasteiger partial charge in [0.25, 0.3) is 17.4 Å². The molecule has 0 spiro atoms. The van der Waals surface area contributed by atoms with Crippen LogP contribution in [0.1, 0.15) is 18.2 Å². The average Bonchev–Trinajstić information content (AvgIpc) is 3.05. The Hall–Kier alpha value is -3.35. The van der Waals surface area contributed by atoms with Crippen molar-refractivity contribution in [2.45, 2.75) is 25.5 Å². The molecule has 28 heavy (non-hydrogen) atoms. The summed E-state index contributed by atoms with van der Waals surface area (Å²) in [5, 5.41) is 3.52. The number of halogens is 1. The highest BCUT2D eigenvalue weighted by molar-refractivity contribution is 6.15. The second kappa shape index (κ2) is 5.82. The molecule has 3 heterocycles. The number of hydrogen-bond donors (Lipinski definition) is 2. The van der Waals surface area contributed by atoms with Crippen LogP contribution in [-0.2, 0) is 22.6 Å². The van der Waals surface area contributed by atoms with Crippen LogP contribution >= 0.6 is 0 Å². The number of fused-ring (bicyclic) bond motifs is 4. The minimum atomic E-state index is -1.65. The van der Waals surface area contributed by atoms with Crippen molar-refractivity contribution in [3.63, 3.8) is 0 Å². The summed E-state index contributed by atoms with van der Waals surface area (Å²) in [6.07, 6.45) is 0.603. The van der Waals surface area contributed by atoms with Crippen LogP contribution in [-0.4, -0.2) is 33.8 Å². The van der Waals surface area contributed by atoms with E-state index in [4.69, 9.17) is 4.74 Å². The quantitative estimate of drug-likeness (QED) is 0.639. The zero-order valence-electron chi connectivity index (χ0n) is 15.2. The Bertz CT molecular complexity index is 1140. The van der Waals surface area contributed by atoms with Crippen LogP contribution in [0.15, 0.2) is 42.5 Å². The van der Waals surface area contributed by atoms with Gasteiger partial charge in [-0.1, -0.05) is 12.1 Å². The highest BCUT2D eigenvalue weighted by Crippen LogP contribution is 2.35. The molecule has 2 amide bonds. The number of anilines is 1. The Morgan fingerprint density at radius 1 is 1.25 bits per heavy atom. The molecule has 3 aromatic rings. The predicted molar refractivity (Wildman–Crippen MR) is 101 cm³/mol. The smallest absolute Gasteiger partial charge is 0.278 e. The molecule has 7 heteroatoms. The number of hydrogen-bond acceptors (Lipinski definition) is 3. The molecule has 0 saturated heterocycles. The van der Waals surface area contributed by atoms with Crippen LogP contribution < -0.4 is 10.1 Å². The third kappa shape index (κ3) is 2.39. The summed E-state index contributed by atoms with van der Waals surface area (Å²) in [6, 6.07) is 11.6. The lowest BCUT2D eigenvalue weighted by Gasteiger charge is -2.38. The number of benzene rings is 2. The van der Waals surface area contributed by atoms with Crippen molar-refractivity contribution in [2.24, 2.45) is 0 Å². The van der Waals surface area contributed by atoms with Gasteiger partial charge in [-0.2, -0.15) is 0 Å². The van der Waals surface area contributed by atoms with Crippen molar-refractivity contribution in [1.82, 2.24) is 9.88 Å². The summed E-state index contributed by atoms with van der Waals surface area (Å²) in [7, 11) is 0. The molecule has 1 atom stereocenters. The minimum absolute atomic E-state index is 0.297. The van der Waals surface area contributed by atoms with E-state index in [9.17, 15) is 14.0 Å². The van der Waals surface area contributed by atoms with Gasteiger partial charge in [-0.05, 0) is 37.3 Å². The van der Waals surface area contributed by atoms with Crippen molar-refractivity contribution >= 4 is 28.4 Å². The summed E-state index contributed by atoms with van der Waals surface area (Å²) in [6.45, 7) is 2.24. The van der Waals surface area contributed by atoms with Crippen molar-refractivity contribution in [3.8, 4) is 5.75 Å². The molecular formula is C21H18FN3O3. The molecule has 2 aliphatic heterocycles. The number of nitrogens with one attached hydrogen (secondary N) is 2. The molecule has 2 aromatic carbocycles. The van der Waals surface area contributed by atoms with Gasteiger partial charge in [0.1, 0.15) is 11.6 Å². The molecular weight excluding hydrogens is 361 g/mol. The fraction of sp³-hybridized carbons (Fsp3) is 0.238. The maximum absolute atomic E-state index is 13.7. The van der Waals surface area contributed by atoms with Crippen LogP contribution in [0.5, 0.6) is 5.75 Å². The van der Waals surface area contributed by atoms with Crippen LogP contribution in [0.25, 0.3) is 10.9 Å². The van der Waals surface area contributed by atoms with Gasteiger partial charge in [0.2, 0.25) is 0 Å². The summed E-state index contributed by atoms with van der Waals surface area (Å²) in [5.41, 5.74) is 1.62. The number of carbonyl (C=O) groups excluding carboxylic acids is 2. The van der Waals surface area contributed by atoms with E-state index in [1.54, 1.807) is 35.2 Å². The average molecular weight is 379 g/mol. The lowest BCUT2D eigenvalue weighted by Crippen LogP contribution is -2.60. The second-order valence-corrected chi connectivity index (χ2v) is 7.33. The third-order valence-corrected chi connectivity index (χ3v) is 5.52. The topological polar surface area (TPSA) is 74.4 Å². The molecule has 0 saturated carbocycles. The third-order valence-electron chi connectivity index (χ3n) is 5.52. The summed E-state index contributed by atoms with van der Waals surface area (Å²) in [4.78, 5) is 30.9. The first-order chi connectivity index (χ1) is 13.5. The Morgan fingerprint density at radius 2 is 2.07 bits per heavy atom. The first-order valence-corrected chi connectivity index (χ1v) is 9.13. The van der Waals surface area contributed by atoms with Gasteiger partial charge >= 0.3 is 0 Å². The molecule has 0 radical (unpaired) electrons. The monoisotopic (exact) mass is 379 g/mol. The maximum Gasteiger partial charge on any atom is 0.278 e. The van der Waals surface area contributed by atoms with E-state index in [-0.39, 0.29) is 5.82 Å². The Morgan fingerprint density at radius 3 is 2.93 bits per heavy atom. The van der Waals surface area contributed by atoms with Crippen LogP contribution in [0, 0.1) is 5.82 Å². The van der Waals surface area contributed by atoms with E-state index in [1.165, 1.54) is 19.1 Å². The molecule has 2 aliphatic rings. The number of ether oxygens (including phenoxy) is 1. The Kier molecular flexibility index (Phi) is 3.49. The summed E-state index contributed by atoms with van der Waals surface area (Å²) >= 11 is 0. The van der Waals surface area contributed by atoms with Crippen LogP contribution in [0.3, 0.4) is 0 Å². The van der Waals surface area contributed by atoms with Gasteiger partial charge in [-0.25, -0.2) is 4.39 Å². The fourth-order valence-electron chi connectivity index (χ4n) is 3.97. The largest absolute Gasteiger partial charge is 0.466 e. The lowest BCUT2D eigenvalue weighted by molar-refractivity contribution is -0.155. The number of amides is 2. The lowest BCUT2D eigenvalue weighted by atomic mass is 9.97.